The number of likely N-dealkylation sites (tertiary alicyclic amines) is 1. The van der Waals surface area contributed by atoms with E-state index in [1.165, 1.54) is 12.1 Å². The van der Waals surface area contributed by atoms with Gasteiger partial charge in [0.2, 0.25) is 5.91 Å². The minimum absolute atomic E-state index is 0.0159. The number of carbonyl (C=O) groups excluding carboxylic acids is 1. The van der Waals surface area contributed by atoms with Crippen molar-refractivity contribution in [3.8, 4) is 11.8 Å². The molecule has 1 amide bonds. The highest BCUT2D eigenvalue weighted by Crippen LogP contribution is 2.45. The Bertz CT molecular complexity index is 1580. The van der Waals surface area contributed by atoms with Crippen LogP contribution in [0.1, 0.15) is 48.0 Å². The summed E-state index contributed by atoms with van der Waals surface area (Å²) in [6.07, 6.45) is 7.76. The number of nitrogens with zero attached hydrogens (tertiary/aromatic N) is 6. The fraction of sp³-hybridized carbons (Fsp3) is 0.308. The molecule has 2 fully saturated rings. The van der Waals surface area contributed by atoms with E-state index >= 15 is 0 Å². The van der Waals surface area contributed by atoms with Gasteiger partial charge in [-0.25, -0.2) is 14.4 Å². The number of hydrogen-bond acceptors (Lipinski definition) is 5. The number of halogens is 1. The third kappa shape index (κ3) is 3.53. The van der Waals surface area contributed by atoms with Crippen LogP contribution in [0.25, 0.3) is 21.9 Å². The van der Waals surface area contributed by atoms with E-state index in [0.717, 1.165) is 30.3 Å². The van der Waals surface area contributed by atoms with Gasteiger partial charge in [0.1, 0.15) is 17.3 Å². The highest BCUT2D eigenvalue weighted by atomic mass is 19.1. The molecule has 4 aromatic rings. The summed E-state index contributed by atoms with van der Waals surface area (Å²) in [5, 5.41) is 5.54. The summed E-state index contributed by atoms with van der Waals surface area (Å²) in [4.78, 5) is 22.7. The summed E-state index contributed by atoms with van der Waals surface area (Å²) >= 11 is 0. The largest absolute Gasteiger partial charge is 0.383 e. The molecule has 1 aliphatic carbocycles. The van der Waals surface area contributed by atoms with Crippen molar-refractivity contribution >= 4 is 33.7 Å². The van der Waals surface area contributed by atoms with E-state index in [9.17, 15) is 9.18 Å². The summed E-state index contributed by atoms with van der Waals surface area (Å²) < 4.78 is 18.5. The van der Waals surface area contributed by atoms with E-state index in [0.29, 0.717) is 46.9 Å². The number of pyridine rings is 1. The van der Waals surface area contributed by atoms with Crippen LogP contribution in [0.3, 0.4) is 0 Å². The molecule has 0 bridgehead atoms. The van der Waals surface area contributed by atoms with E-state index in [1.807, 2.05) is 17.9 Å². The van der Waals surface area contributed by atoms with Gasteiger partial charge in [0.15, 0.2) is 0 Å². The van der Waals surface area contributed by atoms with E-state index in [4.69, 9.17) is 10.8 Å². The highest BCUT2D eigenvalue weighted by molar-refractivity contribution is 5.96. The number of hydrogen-bond donors (Lipinski definition) is 1. The Hall–Kier alpha value is -4.19. The summed E-state index contributed by atoms with van der Waals surface area (Å²) in [6.45, 7) is 4.77. The maximum Gasteiger partial charge on any atom is 0.246 e. The first kappa shape index (κ1) is 21.4. The van der Waals surface area contributed by atoms with Crippen LogP contribution in [-0.4, -0.2) is 48.2 Å². The third-order valence-corrected chi connectivity index (χ3v) is 6.93. The van der Waals surface area contributed by atoms with E-state index < -0.39 is 5.82 Å². The average molecular weight is 470 g/mol. The first-order chi connectivity index (χ1) is 16.9. The van der Waals surface area contributed by atoms with Crippen molar-refractivity contribution in [1.82, 2.24) is 29.2 Å². The van der Waals surface area contributed by atoms with Gasteiger partial charge in [0, 0.05) is 32.4 Å². The van der Waals surface area contributed by atoms with Crippen LogP contribution in [-0.2, 0) is 11.8 Å². The molecule has 8 nitrogen and oxygen atoms in total. The zero-order chi connectivity index (χ0) is 24.3. The quantitative estimate of drug-likeness (QED) is 0.367. The molecule has 1 saturated heterocycles. The molecule has 0 unspecified atom stereocenters. The van der Waals surface area contributed by atoms with E-state index in [1.54, 1.807) is 21.9 Å². The minimum Gasteiger partial charge on any atom is -0.383 e. The van der Waals surface area contributed by atoms with Crippen LogP contribution in [0.4, 0.5) is 10.2 Å². The molecule has 6 rings (SSSR count). The number of amides is 1. The molecule has 1 saturated carbocycles. The Balaban J connectivity index is 1.48. The minimum atomic E-state index is -0.420. The lowest BCUT2D eigenvalue weighted by atomic mass is 10.1. The van der Waals surface area contributed by atoms with Gasteiger partial charge in [-0.3, -0.25) is 9.48 Å². The maximum atomic E-state index is 14.8. The topological polar surface area (TPSA) is 94.9 Å². The second-order valence-corrected chi connectivity index (χ2v) is 9.25. The van der Waals surface area contributed by atoms with Crippen molar-refractivity contribution in [1.29, 1.82) is 0 Å². The fourth-order valence-corrected chi connectivity index (χ4v) is 4.90. The van der Waals surface area contributed by atoms with Crippen LogP contribution in [0.5, 0.6) is 0 Å². The van der Waals surface area contributed by atoms with Crippen LogP contribution >= 0.6 is 0 Å². The molecule has 35 heavy (non-hydrogen) atoms. The van der Waals surface area contributed by atoms with Crippen LogP contribution in [0.15, 0.2) is 37.3 Å². The predicted octanol–water partition coefficient (Wildman–Crippen LogP) is 3.28. The molecule has 0 spiro atoms. The van der Waals surface area contributed by atoms with Gasteiger partial charge in [-0.15, -0.1) is 0 Å². The molecule has 4 heterocycles. The second-order valence-electron chi connectivity index (χ2n) is 9.25. The van der Waals surface area contributed by atoms with Gasteiger partial charge in [-0.1, -0.05) is 12.5 Å². The smallest absolute Gasteiger partial charge is 0.246 e. The fourth-order valence-electron chi connectivity index (χ4n) is 4.90. The summed E-state index contributed by atoms with van der Waals surface area (Å²) in [6, 6.07) is 3.07. The van der Waals surface area contributed by atoms with Gasteiger partial charge >= 0.3 is 0 Å². The molecule has 1 aliphatic heterocycles. The number of imidazole rings is 1. The Morgan fingerprint density at radius 1 is 1.26 bits per heavy atom. The average Bonchev–Trinajstić information content (AvgIpc) is 3.28. The summed E-state index contributed by atoms with van der Waals surface area (Å²) in [5.74, 6) is 6.25. The molecule has 176 valence electrons. The molecule has 9 heteroatoms. The number of nitrogen functional groups attached to an aromatic ring is 1. The zero-order valence-corrected chi connectivity index (χ0v) is 19.3. The SMILES string of the molecule is C=CC(=O)N1CC[C@H](n2nc(C#Cc3cc4ncn(C)c4cc3F)c3c(N)ncc(C4CC4)c32)C1. The number of rotatable bonds is 3. The number of nitrogens with two attached hydrogens (primary N) is 1. The van der Waals surface area contributed by atoms with Gasteiger partial charge in [-0.05, 0) is 48.8 Å². The van der Waals surface area contributed by atoms with Crippen LogP contribution in [0.2, 0.25) is 0 Å². The molecule has 2 aliphatic rings. The monoisotopic (exact) mass is 469 g/mol. The number of anilines is 1. The van der Waals surface area contributed by atoms with Crippen LogP contribution < -0.4 is 5.73 Å². The van der Waals surface area contributed by atoms with Crippen molar-refractivity contribution < 1.29 is 9.18 Å². The summed E-state index contributed by atoms with van der Waals surface area (Å²) in [5.41, 5.74) is 10.4. The first-order valence-corrected chi connectivity index (χ1v) is 11.6. The lowest BCUT2D eigenvalue weighted by Gasteiger charge is -2.16. The molecule has 3 aromatic heterocycles. The maximum absolute atomic E-state index is 14.8. The lowest BCUT2D eigenvalue weighted by molar-refractivity contribution is -0.125. The van der Waals surface area contributed by atoms with Crippen LogP contribution in [0, 0.1) is 17.7 Å². The highest BCUT2D eigenvalue weighted by Gasteiger charge is 2.33. The van der Waals surface area contributed by atoms with Gasteiger partial charge in [0.05, 0.1) is 39.9 Å². The van der Waals surface area contributed by atoms with E-state index in [2.05, 4.69) is 28.4 Å². The number of benzene rings is 1. The number of carbonyl (C=O) groups is 1. The lowest BCUT2D eigenvalue weighted by Crippen LogP contribution is -2.27. The van der Waals surface area contributed by atoms with Crippen molar-refractivity contribution in [2.24, 2.45) is 7.05 Å². The van der Waals surface area contributed by atoms with Crippen molar-refractivity contribution in [2.45, 2.75) is 31.2 Å². The Morgan fingerprint density at radius 2 is 2.09 bits per heavy atom. The molecule has 2 N–H and O–H groups in total. The number of aryl methyl sites for hydroxylation is 1. The Labute approximate surface area is 201 Å². The number of aromatic nitrogens is 5. The second kappa shape index (κ2) is 7.94. The van der Waals surface area contributed by atoms with Gasteiger partial charge in [0.25, 0.3) is 0 Å². The Morgan fingerprint density at radius 3 is 2.86 bits per heavy atom. The zero-order valence-electron chi connectivity index (χ0n) is 19.3. The molecule has 0 radical (unpaired) electrons. The van der Waals surface area contributed by atoms with Gasteiger partial charge < -0.3 is 15.2 Å². The molecular formula is C26H24FN7O. The standard InChI is InChI=1S/C26H24FN7O/c1-3-23(35)33-9-8-17(13-33)34-25-18(15-4-5-15)12-29-26(28)24(25)20(31-34)7-6-16-10-21-22(11-19(16)27)32(2)14-30-21/h3,10-12,14-15,17H,1,4-5,8-9,13H2,2H3,(H2,28,29)/t17-/m0/s1. The third-order valence-electron chi connectivity index (χ3n) is 6.93. The predicted molar refractivity (Wildman–Crippen MR) is 131 cm³/mol. The van der Waals surface area contributed by atoms with Crippen molar-refractivity contribution in [3.05, 3.63) is 59.9 Å². The number of fused-ring (bicyclic) bond motifs is 2. The van der Waals surface area contributed by atoms with Crippen molar-refractivity contribution in [2.75, 3.05) is 18.8 Å². The Kier molecular flexibility index (Phi) is 4.85. The van der Waals surface area contributed by atoms with Gasteiger partial charge in [-0.2, -0.15) is 5.10 Å². The van der Waals surface area contributed by atoms with E-state index in [-0.39, 0.29) is 17.5 Å². The molecular weight excluding hydrogens is 445 g/mol. The molecule has 1 aromatic carbocycles. The first-order valence-electron chi connectivity index (χ1n) is 11.6. The molecule has 1 atom stereocenters. The summed E-state index contributed by atoms with van der Waals surface area (Å²) in [7, 11) is 1.82. The normalized spacial score (nSPS) is 17.7. The van der Waals surface area contributed by atoms with Crippen molar-refractivity contribution in [3.63, 3.8) is 0 Å².